The number of nitrogens with one attached hydrogen (secondary N) is 2. The van der Waals surface area contributed by atoms with Gasteiger partial charge in [-0.05, 0) is 38.0 Å². The molecule has 3 aromatic rings. The van der Waals surface area contributed by atoms with Crippen molar-refractivity contribution in [2.75, 3.05) is 0 Å². The summed E-state index contributed by atoms with van der Waals surface area (Å²) in [5, 5.41) is 8.08. The van der Waals surface area contributed by atoms with E-state index in [0.29, 0.717) is 29.9 Å². The molecule has 0 aliphatic heterocycles. The lowest BCUT2D eigenvalue weighted by molar-refractivity contribution is -0.121. The number of nitrogens with zero attached hydrogens (tertiary/aromatic N) is 2. The Kier molecular flexibility index (Phi) is 4.24. The van der Waals surface area contributed by atoms with Crippen molar-refractivity contribution in [2.24, 2.45) is 7.05 Å². The second-order valence-corrected chi connectivity index (χ2v) is 5.85. The number of rotatable bonds is 5. The number of hydrogen-bond acceptors (Lipinski definition) is 4. The first kappa shape index (κ1) is 16.0. The number of hydrogen-bond donors (Lipinski definition) is 2. The van der Waals surface area contributed by atoms with Crippen molar-refractivity contribution in [1.82, 2.24) is 20.1 Å². The predicted molar refractivity (Wildman–Crippen MR) is 89.7 cm³/mol. The van der Waals surface area contributed by atoms with Crippen molar-refractivity contribution in [2.45, 2.75) is 33.2 Å². The van der Waals surface area contributed by atoms with Gasteiger partial charge in [0.2, 0.25) is 5.91 Å². The minimum absolute atomic E-state index is 0.117. The van der Waals surface area contributed by atoms with Crippen LogP contribution < -0.4 is 10.9 Å². The molecule has 3 heterocycles. The summed E-state index contributed by atoms with van der Waals surface area (Å²) in [6.45, 7) is 4.16. The molecule has 0 spiro atoms. The summed E-state index contributed by atoms with van der Waals surface area (Å²) in [7, 11) is 1.80. The largest absolute Gasteiger partial charge is 0.467 e. The third kappa shape index (κ3) is 2.97. The fraction of sp³-hybridized carbons (Fsp3) is 0.353. The highest BCUT2D eigenvalue weighted by atomic mass is 16.3. The van der Waals surface area contributed by atoms with Gasteiger partial charge in [0.25, 0.3) is 5.56 Å². The van der Waals surface area contributed by atoms with Gasteiger partial charge in [-0.1, -0.05) is 0 Å². The maximum absolute atomic E-state index is 12.3. The van der Waals surface area contributed by atoms with Gasteiger partial charge in [0.05, 0.1) is 18.5 Å². The van der Waals surface area contributed by atoms with E-state index in [2.05, 4.69) is 15.4 Å². The second-order valence-electron chi connectivity index (χ2n) is 5.85. The van der Waals surface area contributed by atoms with Gasteiger partial charge in [0, 0.05) is 24.4 Å². The highest BCUT2D eigenvalue weighted by Crippen LogP contribution is 2.21. The van der Waals surface area contributed by atoms with Crippen LogP contribution in [0.3, 0.4) is 0 Å². The van der Waals surface area contributed by atoms with Crippen LogP contribution in [-0.2, 0) is 24.8 Å². The number of aromatic amines is 1. The van der Waals surface area contributed by atoms with E-state index in [-0.39, 0.29) is 17.9 Å². The van der Waals surface area contributed by atoms with Gasteiger partial charge < -0.3 is 14.7 Å². The standard InChI is InChI=1S/C17H20N4O3/c1-10-13(6-7-14(22)18-9-12-5-4-8-24-12)17(23)19-16-15(10)11(2)20-21(16)3/h4-5,8H,6-7,9H2,1-3H3,(H,18,22)(H,19,23). The number of aryl methyl sites for hydroxylation is 3. The van der Waals surface area contributed by atoms with E-state index in [1.165, 1.54) is 0 Å². The topological polar surface area (TPSA) is 92.9 Å². The molecule has 7 heteroatoms. The second kappa shape index (κ2) is 6.35. The van der Waals surface area contributed by atoms with E-state index in [1.807, 2.05) is 13.8 Å². The van der Waals surface area contributed by atoms with Crippen molar-refractivity contribution in [3.63, 3.8) is 0 Å². The number of amides is 1. The van der Waals surface area contributed by atoms with Gasteiger partial charge in [0.15, 0.2) is 0 Å². The Morgan fingerprint density at radius 2 is 2.21 bits per heavy atom. The Morgan fingerprint density at radius 1 is 1.42 bits per heavy atom. The van der Waals surface area contributed by atoms with E-state index < -0.39 is 0 Å². The number of carbonyl (C=O) groups is 1. The van der Waals surface area contributed by atoms with E-state index in [1.54, 1.807) is 30.1 Å². The van der Waals surface area contributed by atoms with Gasteiger partial charge in [-0.15, -0.1) is 0 Å². The van der Waals surface area contributed by atoms with Crippen LogP contribution in [0.2, 0.25) is 0 Å². The molecule has 24 heavy (non-hydrogen) atoms. The van der Waals surface area contributed by atoms with Gasteiger partial charge >= 0.3 is 0 Å². The summed E-state index contributed by atoms with van der Waals surface area (Å²) in [6.07, 6.45) is 2.20. The fourth-order valence-corrected chi connectivity index (χ4v) is 2.98. The molecule has 0 aliphatic carbocycles. The fourth-order valence-electron chi connectivity index (χ4n) is 2.98. The summed E-state index contributed by atoms with van der Waals surface area (Å²) in [6, 6.07) is 3.57. The molecule has 0 atom stereocenters. The first-order chi connectivity index (χ1) is 11.5. The molecule has 0 bridgehead atoms. The van der Waals surface area contributed by atoms with Crippen LogP contribution in [0.4, 0.5) is 0 Å². The van der Waals surface area contributed by atoms with Crippen molar-refractivity contribution in [3.8, 4) is 0 Å². The maximum atomic E-state index is 12.3. The molecule has 0 saturated heterocycles. The van der Waals surface area contributed by atoms with Crippen molar-refractivity contribution < 1.29 is 9.21 Å². The predicted octanol–water partition coefficient (Wildman–Crippen LogP) is 1.72. The number of fused-ring (bicyclic) bond motifs is 1. The number of pyridine rings is 1. The van der Waals surface area contributed by atoms with Gasteiger partial charge in [-0.3, -0.25) is 14.3 Å². The van der Waals surface area contributed by atoms with Crippen LogP contribution in [0, 0.1) is 13.8 Å². The van der Waals surface area contributed by atoms with Gasteiger partial charge in [0.1, 0.15) is 11.4 Å². The molecule has 126 valence electrons. The highest BCUT2D eigenvalue weighted by molar-refractivity contribution is 5.83. The van der Waals surface area contributed by atoms with Crippen molar-refractivity contribution in [3.05, 3.63) is 51.3 Å². The SMILES string of the molecule is Cc1nn(C)c2[nH]c(=O)c(CCC(=O)NCc3ccco3)c(C)c12. The van der Waals surface area contributed by atoms with E-state index in [4.69, 9.17) is 4.42 Å². The third-order valence-corrected chi connectivity index (χ3v) is 4.20. The van der Waals surface area contributed by atoms with Gasteiger partial charge in [-0.2, -0.15) is 5.10 Å². The third-order valence-electron chi connectivity index (χ3n) is 4.20. The van der Waals surface area contributed by atoms with E-state index >= 15 is 0 Å². The Hall–Kier alpha value is -2.83. The Bertz CT molecular complexity index is 935. The zero-order valence-electron chi connectivity index (χ0n) is 14.0. The number of aromatic nitrogens is 3. The molecule has 0 saturated carbocycles. The van der Waals surface area contributed by atoms with Crippen molar-refractivity contribution >= 4 is 16.9 Å². The first-order valence-corrected chi connectivity index (χ1v) is 7.81. The molecule has 7 nitrogen and oxygen atoms in total. The van der Waals surface area contributed by atoms with Crippen molar-refractivity contribution in [1.29, 1.82) is 0 Å². The molecule has 0 aliphatic rings. The minimum atomic E-state index is -0.165. The van der Waals surface area contributed by atoms with Crippen LogP contribution in [0.1, 0.15) is 29.0 Å². The number of carbonyl (C=O) groups excluding carboxylic acids is 1. The molecule has 3 aromatic heterocycles. The molecule has 0 fully saturated rings. The summed E-state index contributed by atoms with van der Waals surface area (Å²) >= 11 is 0. The zero-order valence-corrected chi connectivity index (χ0v) is 14.0. The molecule has 2 N–H and O–H groups in total. The Labute approximate surface area is 138 Å². The minimum Gasteiger partial charge on any atom is -0.467 e. The summed E-state index contributed by atoms with van der Waals surface area (Å²) < 4.78 is 6.84. The van der Waals surface area contributed by atoms with Gasteiger partial charge in [-0.25, -0.2) is 0 Å². The lowest BCUT2D eigenvalue weighted by atomic mass is 10.0. The Balaban J connectivity index is 1.74. The van der Waals surface area contributed by atoms with Crippen LogP contribution in [0.15, 0.2) is 27.6 Å². The summed E-state index contributed by atoms with van der Waals surface area (Å²) in [4.78, 5) is 27.2. The molecule has 3 rings (SSSR count). The monoisotopic (exact) mass is 328 g/mol. The first-order valence-electron chi connectivity index (χ1n) is 7.81. The maximum Gasteiger partial charge on any atom is 0.253 e. The lowest BCUT2D eigenvalue weighted by Gasteiger charge is -2.07. The quantitative estimate of drug-likeness (QED) is 0.746. The number of H-pyrrole nitrogens is 1. The molecule has 0 unspecified atom stereocenters. The molecular formula is C17H20N4O3. The lowest BCUT2D eigenvalue weighted by Crippen LogP contribution is -2.24. The molecular weight excluding hydrogens is 308 g/mol. The molecule has 0 aromatic carbocycles. The molecule has 0 radical (unpaired) electrons. The summed E-state index contributed by atoms with van der Waals surface area (Å²) in [5.41, 5.74) is 2.93. The van der Waals surface area contributed by atoms with Crippen LogP contribution >= 0.6 is 0 Å². The van der Waals surface area contributed by atoms with E-state index in [0.717, 1.165) is 16.6 Å². The van der Waals surface area contributed by atoms with Crippen LogP contribution in [0.5, 0.6) is 0 Å². The average molecular weight is 328 g/mol. The van der Waals surface area contributed by atoms with Crippen LogP contribution in [0.25, 0.3) is 11.0 Å². The average Bonchev–Trinajstić information content (AvgIpc) is 3.13. The highest BCUT2D eigenvalue weighted by Gasteiger charge is 2.15. The molecule has 1 amide bonds. The van der Waals surface area contributed by atoms with E-state index in [9.17, 15) is 9.59 Å². The number of furan rings is 1. The smallest absolute Gasteiger partial charge is 0.253 e. The normalized spacial score (nSPS) is 11.1. The Morgan fingerprint density at radius 3 is 2.92 bits per heavy atom. The summed E-state index contributed by atoms with van der Waals surface area (Å²) in [5.74, 6) is 0.581. The zero-order chi connectivity index (χ0) is 17.3. The van der Waals surface area contributed by atoms with Crippen LogP contribution in [-0.4, -0.2) is 20.7 Å².